The van der Waals surface area contributed by atoms with Crippen molar-refractivity contribution in [3.05, 3.63) is 0 Å². The molecule has 0 N–H and O–H groups in total. The van der Waals surface area contributed by atoms with Crippen molar-refractivity contribution in [1.29, 1.82) is 0 Å². The minimum atomic E-state index is 0.148. The zero-order chi connectivity index (χ0) is 3.58. The van der Waals surface area contributed by atoms with Crippen LogP contribution in [0.15, 0.2) is 0 Å². The van der Waals surface area contributed by atoms with Crippen molar-refractivity contribution in [2.24, 2.45) is 0 Å². The molecular formula is CH8Si3. The lowest BCUT2D eigenvalue weighted by atomic mass is 12.0. The summed E-state index contributed by atoms with van der Waals surface area (Å²) in [5.41, 5.74) is 0. The van der Waals surface area contributed by atoms with Gasteiger partial charge in [0.15, 0.2) is 0 Å². The van der Waals surface area contributed by atoms with Gasteiger partial charge < -0.3 is 0 Å². The van der Waals surface area contributed by atoms with Gasteiger partial charge in [-0.1, -0.05) is 0 Å². The summed E-state index contributed by atoms with van der Waals surface area (Å²) in [5, 5.41) is 0. The second kappa shape index (κ2) is 1.80. The van der Waals surface area contributed by atoms with Crippen LogP contribution in [0.25, 0.3) is 0 Å². The van der Waals surface area contributed by atoms with Crippen LogP contribution in [0.3, 0.4) is 0 Å². The lowest BCUT2D eigenvalue weighted by Gasteiger charge is -1.61. The normalized spacial score (nSPS) is 8.00. The molecule has 0 atom stereocenters. The van der Waals surface area contributed by atoms with Gasteiger partial charge in [-0.2, -0.15) is 0 Å². The third-order valence-corrected chi connectivity index (χ3v) is 0. The molecule has 0 rings (SSSR count). The van der Waals surface area contributed by atoms with Gasteiger partial charge in [0.05, 0.1) is 0 Å². The largest absolute Gasteiger partial charge is 0.124 e. The van der Waals surface area contributed by atoms with E-state index >= 15 is 0 Å². The van der Waals surface area contributed by atoms with E-state index in [0.717, 1.165) is 0 Å². The van der Waals surface area contributed by atoms with Gasteiger partial charge in [-0.3, -0.25) is 0 Å². The molecule has 0 aromatic heterocycles. The third-order valence-electron chi connectivity index (χ3n) is 0. The molecule has 3 heteroatoms. The first-order valence-electron chi connectivity index (χ1n) is 1.35. The van der Waals surface area contributed by atoms with Crippen molar-refractivity contribution in [2.45, 2.75) is 0 Å². The summed E-state index contributed by atoms with van der Waals surface area (Å²) in [7, 11) is 2.95. The highest BCUT2D eigenvalue weighted by atomic mass is 29.5. The SMILES string of the molecule is C=[Si]([SiH3])[SiH3]. The van der Waals surface area contributed by atoms with Crippen LogP contribution in [-0.2, 0) is 0 Å². The predicted octanol–water partition coefficient (Wildman–Crippen LogP) is -2.78. The summed E-state index contributed by atoms with van der Waals surface area (Å²) in [6.07, 6.45) is 3.86. The molecule has 0 spiro atoms. The molecule has 0 nitrogen and oxygen atoms in total. The van der Waals surface area contributed by atoms with Gasteiger partial charge in [-0.05, 0) is 7.44 Å². The highest BCUT2D eigenvalue weighted by molar-refractivity contribution is 7.28. The van der Waals surface area contributed by atoms with Crippen LogP contribution in [0.4, 0.5) is 0 Å². The molecule has 0 amide bonds. The first kappa shape index (κ1) is 4.52. The Morgan fingerprint density at radius 3 is 1.50 bits per heavy atom. The molecule has 0 heterocycles. The molecule has 0 fully saturated rings. The molecule has 0 saturated carbocycles. The van der Waals surface area contributed by atoms with Gasteiger partial charge in [0, 0.05) is 19.5 Å². The van der Waals surface area contributed by atoms with Gasteiger partial charge >= 0.3 is 0 Å². The van der Waals surface area contributed by atoms with Crippen LogP contribution < -0.4 is 0 Å². The summed E-state index contributed by atoms with van der Waals surface area (Å²) in [6.45, 7) is 0. The molecule has 24 valence electrons. The van der Waals surface area contributed by atoms with Crippen LogP contribution in [0.5, 0.6) is 0 Å². The van der Waals surface area contributed by atoms with Gasteiger partial charge in [-0.25, -0.2) is 0 Å². The smallest absolute Gasteiger partial charge is 0.0111 e. The van der Waals surface area contributed by atoms with Crippen molar-refractivity contribution >= 4 is 33.1 Å². The van der Waals surface area contributed by atoms with Crippen LogP contribution in [-0.4, -0.2) is 33.1 Å². The van der Waals surface area contributed by atoms with E-state index in [2.05, 4.69) is 6.17 Å². The highest BCUT2D eigenvalue weighted by Crippen LogP contribution is 1.21. The van der Waals surface area contributed by atoms with Crippen LogP contribution in [0.2, 0.25) is 0 Å². The second-order valence-electron chi connectivity index (χ2n) is 1.21. The molecule has 0 aliphatic carbocycles. The van der Waals surface area contributed by atoms with Crippen LogP contribution in [0, 0.1) is 0 Å². The monoisotopic (exact) mass is 104 g/mol. The maximum atomic E-state index is 3.86. The van der Waals surface area contributed by atoms with E-state index in [1.165, 1.54) is 19.5 Å². The highest BCUT2D eigenvalue weighted by Gasteiger charge is 1.56. The lowest BCUT2D eigenvalue weighted by molar-refractivity contribution is 4.05. The second-order valence-corrected chi connectivity index (χ2v) is 19.9. The van der Waals surface area contributed by atoms with E-state index < -0.39 is 0 Å². The maximum Gasteiger partial charge on any atom is 0.0111 e. The topological polar surface area (TPSA) is 0 Å². The summed E-state index contributed by atoms with van der Waals surface area (Å²) < 4.78 is 0. The van der Waals surface area contributed by atoms with Gasteiger partial charge in [0.25, 0.3) is 0 Å². The van der Waals surface area contributed by atoms with E-state index in [0.29, 0.717) is 0 Å². The Balaban J connectivity index is 2.80. The van der Waals surface area contributed by atoms with Crippen molar-refractivity contribution < 1.29 is 0 Å². The standard InChI is InChI=1S/CH8Si3/c1-4(2)3/h1H2,2-3H3. The summed E-state index contributed by atoms with van der Waals surface area (Å²) in [6, 6.07) is 0. The Hall–Kier alpha value is 0.521. The average Bonchev–Trinajstić information content (AvgIpc) is 0.811. The summed E-state index contributed by atoms with van der Waals surface area (Å²) >= 11 is 0. The first-order valence-corrected chi connectivity index (χ1v) is 10.1. The quantitative estimate of drug-likeness (QED) is 0.292. The zero-order valence-corrected chi connectivity index (χ0v) is 8.21. The van der Waals surface area contributed by atoms with Crippen LogP contribution >= 0.6 is 0 Å². The van der Waals surface area contributed by atoms with E-state index in [-0.39, 0.29) is 7.44 Å². The van der Waals surface area contributed by atoms with Gasteiger partial charge in [0.1, 0.15) is 0 Å². The Kier molecular flexibility index (Phi) is 2.04. The van der Waals surface area contributed by atoms with Crippen molar-refractivity contribution in [1.82, 2.24) is 0 Å². The fraction of sp³-hybridized carbons (Fsp3) is 0. The molecule has 4 heavy (non-hydrogen) atoms. The molecule has 0 aliphatic rings. The van der Waals surface area contributed by atoms with Crippen molar-refractivity contribution in [2.75, 3.05) is 0 Å². The molecule has 0 unspecified atom stereocenters. The Bertz CT molecular complexity index is 26.3. The van der Waals surface area contributed by atoms with E-state index in [1.54, 1.807) is 0 Å². The van der Waals surface area contributed by atoms with E-state index in [9.17, 15) is 0 Å². The van der Waals surface area contributed by atoms with Gasteiger partial charge in [0.2, 0.25) is 0 Å². The Morgan fingerprint density at radius 1 is 1.50 bits per heavy atom. The summed E-state index contributed by atoms with van der Waals surface area (Å²) in [5.74, 6) is 0. The average molecular weight is 104 g/mol. The third kappa shape index (κ3) is 21.5. The summed E-state index contributed by atoms with van der Waals surface area (Å²) in [4.78, 5) is 0. The first-order chi connectivity index (χ1) is 1.73. The molecule has 0 aromatic carbocycles. The minimum absolute atomic E-state index is 0.148. The Labute approximate surface area is 33.9 Å². The minimum Gasteiger partial charge on any atom is -0.124 e. The van der Waals surface area contributed by atoms with Crippen molar-refractivity contribution in [3.63, 3.8) is 0 Å². The maximum absolute atomic E-state index is 3.86. The molecule has 0 bridgehead atoms. The lowest BCUT2D eigenvalue weighted by Crippen LogP contribution is -1.95. The van der Waals surface area contributed by atoms with E-state index in [1.807, 2.05) is 0 Å². The fourth-order valence-electron chi connectivity index (χ4n) is 0. The number of hydrogen-bond donors (Lipinski definition) is 0. The van der Waals surface area contributed by atoms with Crippen molar-refractivity contribution in [3.8, 4) is 0 Å². The number of hydrogen-bond acceptors (Lipinski definition) is 0. The molecule has 0 aliphatic heterocycles. The zero-order valence-electron chi connectivity index (χ0n) is 3.21. The fourth-order valence-corrected chi connectivity index (χ4v) is 0. The molecule has 0 saturated heterocycles. The number of rotatable bonds is 0. The molecule has 0 radical (unpaired) electrons. The molecule has 0 aromatic rings. The Morgan fingerprint density at radius 2 is 1.50 bits per heavy atom. The predicted molar refractivity (Wildman–Crippen MR) is 32.8 cm³/mol. The van der Waals surface area contributed by atoms with E-state index in [4.69, 9.17) is 0 Å². The van der Waals surface area contributed by atoms with Crippen LogP contribution in [0.1, 0.15) is 0 Å². The van der Waals surface area contributed by atoms with Gasteiger partial charge in [-0.15, -0.1) is 6.17 Å². The molecular weight excluding hydrogens is 96.3 g/mol.